The van der Waals surface area contributed by atoms with Crippen LogP contribution in [0.5, 0.6) is 0 Å². The molecule has 8 heteroatoms. The molecule has 5 aliphatic carbocycles. The molecule has 1 N–H and O–H groups in total. The molecular formula is C61H79N5O2Zn. The van der Waals surface area contributed by atoms with Gasteiger partial charge in [0.15, 0.2) is 0 Å². The summed E-state index contributed by atoms with van der Waals surface area (Å²) in [6.07, 6.45) is 34.0. The molecule has 0 unspecified atom stereocenters. The number of aromatic nitrogens is 4. The molecule has 0 spiro atoms. The van der Waals surface area contributed by atoms with E-state index in [2.05, 4.69) is 107 Å². The zero-order chi connectivity index (χ0) is 47.2. The zero-order valence-corrected chi connectivity index (χ0v) is 46.1. The van der Waals surface area contributed by atoms with Crippen molar-refractivity contribution >= 4 is 58.0 Å². The van der Waals surface area contributed by atoms with Gasteiger partial charge in [0.2, 0.25) is 0 Å². The number of carboxylic acid groups (broad SMARTS) is 1. The van der Waals surface area contributed by atoms with Crippen molar-refractivity contribution in [1.29, 1.82) is 0 Å². The van der Waals surface area contributed by atoms with Crippen molar-refractivity contribution in [2.24, 2.45) is 34.5 Å². The fourth-order valence-corrected chi connectivity index (χ4v) is 13.9. The Morgan fingerprint density at radius 1 is 0.551 bits per heavy atom. The van der Waals surface area contributed by atoms with E-state index in [0.717, 1.165) is 101 Å². The molecule has 0 radical (unpaired) electrons. The summed E-state index contributed by atoms with van der Waals surface area (Å²) in [5.41, 5.74) is 13.3. The first-order chi connectivity index (χ1) is 32.8. The first-order valence-electron chi connectivity index (χ1n) is 27.4. The summed E-state index contributed by atoms with van der Waals surface area (Å²) < 4.78 is 0. The predicted molar refractivity (Wildman–Crippen MR) is 281 cm³/mol. The molecule has 7 aliphatic rings. The van der Waals surface area contributed by atoms with Crippen molar-refractivity contribution in [2.45, 2.75) is 207 Å². The summed E-state index contributed by atoms with van der Waals surface area (Å²) in [7, 11) is 0. The molecule has 0 amide bonds. The van der Waals surface area contributed by atoms with E-state index in [1.165, 1.54) is 107 Å². The monoisotopic (exact) mass is 978 g/mol. The Morgan fingerprint density at radius 3 is 1.48 bits per heavy atom. The van der Waals surface area contributed by atoms with Gasteiger partial charge in [-0.15, -0.1) is 22.1 Å². The van der Waals surface area contributed by atoms with Crippen molar-refractivity contribution < 1.29 is 29.4 Å². The van der Waals surface area contributed by atoms with Crippen molar-refractivity contribution in [2.75, 3.05) is 4.90 Å². The van der Waals surface area contributed by atoms with Crippen LogP contribution in [0.2, 0.25) is 0 Å². The average Bonchev–Trinajstić information content (AvgIpc) is 4.19. The minimum absolute atomic E-state index is 0. The van der Waals surface area contributed by atoms with Crippen LogP contribution in [-0.4, -0.2) is 33.1 Å². The number of fused-ring (bicyclic) bond motifs is 8. The summed E-state index contributed by atoms with van der Waals surface area (Å²) in [6.45, 7) is 14.7. The number of rotatable bonds is 6. The topological polar surface area (TPSA) is 94.5 Å². The van der Waals surface area contributed by atoms with Crippen LogP contribution in [0, 0.1) is 46.3 Å². The van der Waals surface area contributed by atoms with E-state index in [1.54, 1.807) is 0 Å². The minimum Gasteiger partial charge on any atom is -0.656 e. The van der Waals surface area contributed by atoms with Gasteiger partial charge in [-0.2, -0.15) is 0 Å². The third kappa shape index (κ3) is 10.8. The average molecular weight is 980 g/mol. The molecule has 5 saturated carbocycles. The first kappa shape index (κ1) is 50.0. The number of hydrogen-bond donors (Lipinski definition) is 1. The van der Waals surface area contributed by atoms with Gasteiger partial charge >= 0.3 is 25.4 Å². The maximum Gasteiger partial charge on any atom is 2.00 e. The van der Waals surface area contributed by atoms with Crippen LogP contribution in [-0.2, 0) is 24.3 Å². The van der Waals surface area contributed by atoms with Crippen molar-refractivity contribution in [3.8, 4) is 11.8 Å². The molecule has 3 aromatic heterocycles. The summed E-state index contributed by atoms with van der Waals surface area (Å²) in [5.74, 6) is 8.73. The quantitative estimate of drug-likeness (QED) is 0.134. The Kier molecular flexibility index (Phi) is 15.2. The molecule has 0 aromatic carbocycles. The van der Waals surface area contributed by atoms with Crippen LogP contribution < -0.4 is 14.9 Å². The number of carboxylic acids is 1. The van der Waals surface area contributed by atoms with E-state index in [9.17, 15) is 9.90 Å². The van der Waals surface area contributed by atoms with E-state index >= 15 is 0 Å². The Labute approximate surface area is 426 Å². The van der Waals surface area contributed by atoms with Gasteiger partial charge in [0, 0.05) is 29.3 Å². The van der Waals surface area contributed by atoms with E-state index < -0.39 is 5.97 Å². The van der Waals surface area contributed by atoms with Crippen LogP contribution in [0.15, 0.2) is 24.3 Å². The molecule has 8 bridgehead atoms. The van der Waals surface area contributed by atoms with Gasteiger partial charge < -0.3 is 20.0 Å². The predicted octanol–water partition coefficient (Wildman–Crippen LogP) is 15.3. The maximum absolute atomic E-state index is 11.8. The maximum atomic E-state index is 11.8. The Hall–Kier alpha value is -3.95. The normalized spacial score (nSPS) is 25.9. The third-order valence-electron chi connectivity index (χ3n) is 18.1. The second-order valence-corrected chi connectivity index (χ2v) is 24.4. The van der Waals surface area contributed by atoms with Crippen molar-refractivity contribution in [1.82, 2.24) is 19.9 Å². The molecule has 5 fully saturated rings. The van der Waals surface area contributed by atoms with Gasteiger partial charge in [0.25, 0.3) is 0 Å². The molecule has 5 heterocycles. The molecule has 10 rings (SSSR count). The first-order valence-corrected chi connectivity index (χ1v) is 27.4. The Morgan fingerprint density at radius 2 is 0.986 bits per heavy atom. The summed E-state index contributed by atoms with van der Waals surface area (Å²) in [6, 6.07) is 9.96. The van der Waals surface area contributed by atoms with E-state index in [4.69, 9.17) is 19.9 Å². The van der Waals surface area contributed by atoms with Crippen LogP contribution in [0.3, 0.4) is 0 Å². The number of anilines is 1. The number of aliphatic carboxylic acids is 1. The molecule has 3 aromatic rings. The van der Waals surface area contributed by atoms with Gasteiger partial charge in [-0.3, -0.25) is 4.79 Å². The number of hydrogen-bond acceptors (Lipinski definition) is 4. The SMILES string of the molecule is CC(C)(C)C1CCC(N(c2c3nc(c(C4CCCCC4)c4ccc([n-]4)c(C#CC4CCC(C(=O)O)CC4)c4nc(c(C5CCCCC5)c5ccc2[n-]5)C=C4)C=C3)C2CCC(C(C)(C)C)CC2)CC1.[Zn+2]. The minimum atomic E-state index is -0.679. The summed E-state index contributed by atoms with van der Waals surface area (Å²) in [4.78, 5) is 37.5. The molecule has 0 atom stereocenters. The standard InChI is InChI=1S/C61H80N5O2.Zn/c1-60(2,3)43-22-26-45(27-23-43)66(46-28-24-44(25-29-46)61(4,5)6)58-54-37-35-52(64-54)56(40-13-9-7-10-14-40)50-33-31-48(62-50)47(30-19-39-17-20-42(21-18-39)59(67)68)49-32-34-51(63-49)57(41-15-11-8-12-16-41)53-36-38-55(58)65-53;/h31-46H,7-18,20-29H2,1-6H3,(H2-,62,63,64,65,67,68);/q-1;+2/p-1. The second kappa shape index (κ2) is 21.0. The fourth-order valence-electron chi connectivity index (χ4n) is 13.9. The molecule has 7 nitrogen and oxygen atoms in total. The van der Waals surface area contributed by atoms with Gasteiger partial charge in [-0.1, -0.05) is 116 Å². The molecule has 0 saturated heterocycles. The summed E-state index contributed by atoms with van der Waals surface area (Å²) >= 11 is 0. The Balaban J connectivity index is 0.00000593. The van der Waals surface area contributed by atoms with Gasteiger partial charge in [0.1, 0.15) is 0 Å². The third-order valence-corrected chi connectivity index (χ3v) is 18.1. The Bertz CT molecular complexity index is 2560. The summed E-state index contributed by atoms with van der Waals surface area (Å²) in [5, 5.41) is 9.71. The van der Waals surface area contributed by atoms with E-state index in [0.29, 0.717) is 47.6 Å². The van der Waals surface area contributed by atoms with Gasteiger partial charge in [-0.25, -0.2) is 9.97 Å². The van der Waals surface area contributed by atoms with E-state index in [-0.39, 0.29) is 31.3 Å². The van der Waals surface area contributed by atoms with Crippen LogP contribution in [0.4, 0.5) is 5.69 Å². The van der Waals surface area contributed by atoms with Crippen LogP contribution in [0.1, 0.15) is 234 Å². The van der Waals surface area contributed by atoms with Crippen LogP contribution >= 0.6 is 0 Å². The number of nitrogens with zero attached hydrogens (tertiary/aromatic N) is 5. The van der Waals surface area contributed by atoms with Crippen LogP contribution in [0.25, 0.3) is 46.4 Å². The number of carbonyl (C=O) groups is 1. The van der Waals surface area contributed by atoms with Gasteiger partial charge in [0.05, 0.1) is 28.7 Å². The largest absolute Gasteiger partial charge is 2.00 e. The second-order valence-electron chi connectivity index (χ2n) is 24.4. The van der Waals surface area contributed by atoms with E-state index in [1.807, 2.05) is 0 Å². The van der Waals surface area contributed by atoms with Gasteiger partial charge in [-0.05, 0) is 173 Å². The fraction of sp³-hybridized carbons (Fsp3) is 0.623. The zero-order valence-electron chi connectivity index (χ0n) is 43.1. The molecule has 2 aliphatic heterocycles. The smallest absolute Gasteiger partial charge is 0.656 e. The van der Waals surface area contributed by atoms with Crippen molar-refractivity contribution in [3.05, 3.63) is 63.7 Å². The molecular weight excluding hydrogens is 900 g/mol. The van der Waals surface area contributed by atoms with Crippen molar-refractivity contribution in [3.63, 3.8) is 0 Å². The molecule has 69 heavy (non-hydrogen) atoms. The molecule has 362 valence electrons.